The zero-order valence-electron chi connectivity index (χ0n) is 14.1. The topological polar surface area (TPSA) is 29.1 Å². The van der Waals surface area contributed by atoms with Gasteiger partial charge in [0.25, 0.3) is 5.91 Å². The van der Waals surface area contributed by atoms with Crippen LogP contribution in [-0.4, -0.2) is 5.91 Å². The number of nitrogens with one attached hydrogen (secondary N) is 1. The van der Waals surface area contributed by atoms with Crippen LogP contribution in [0.1, 0.15) is 48.7 Å². The zero-order valence-corrected chi connectivity index (χ0v) is 14.1. The molecule has 0 saturated heterocycles. The van der Waals surface area contributed by atoms with E-state index in [2.05, 4.69) is 19.2 Å². The van der Waals surface area contributed by atoms with Crippen LogP contribution in [0.15, 0.2) is 48.5 Å². The maximum absolute atomic E-state index is 12.4. The molecule has 0 radical (unpaired) electrons. The number of carbonyl (C=O) groups excluding carboxylic acids is 1. The highest BCUT2D eigenvalue weighted by atomic mass is 19.4. The Morgan fingerprint density at radius 3 is 1.83 bits per heavy atom. The monoisotopic (exact) mass is 337 g/mol. The van der Waals surface area contributed by atoms with E-state index in [1.807, 2.05) is 19.1 Å². The van der Waals surface area contributed by atoms with Gasteiger partial charge in [0.1, 0.15) is 0 Å². The molecule has 130 valence electrons. The first-order valence-electron chi connectivity index (χ1n) is 7.89. The Morgan fingerprint density at radius 2 is 1.42 bits per heavy atom. The van der Waals surface area contributed by atoms with E-state index in [1.165, 1.54) is 18.6 Å². The Bertz CT molecular complexity index is 631. The molecule has 0 fully saturated rings. The van der Waals surface area contributed by atoms with Crippen molar-refractivity contribution in [2.24, 2.45) is 0 Å². The molecule has 2 aromatic rings. The summed E-state index contributed by atoms with van der Waals surface area (Å²) in [6, 6.07) is 11.4. The van der Waals surface area contributed by atoms with Crippen molar-refractivity contribution in [3.05, 3.63) is 65.2 Å². The molecule has 0 spiro atoms. The number of rotatable bonds is 3. The lowest BCUT2D eigenvalue weighted by Gasteiger charge is -2.08. The van der Waals surface area contributed by atoms with Gasteiger partial charge in [0, 0.05) is 11.3 Å². The predicted molar refractivity (Wildman–Crippen MR) is 91.2 cm³/mol. The van der Waals surface area contributed by atoms with Gasteiger partial charge in [0.05, 0.1) is 5.56 Å². The van der Waals surface area contributed by atoms with Crippen LogP contribution in [0.25, 0.3) is 0 Å². The number of aryl methyl sites for hydroxylation is 1. The minimum atomic E-state index is -4.40. The van der Waals surface area contributed by atoms with Gasteiger partial charge in [-0.3, -0.25) is 4.79 Å². The second-order valence-corrected chi connectivity index (χ2v) is 5.29. The minimum absolute atomic E-state index is 0.183. The lowest BCUT2D eigenvalue weighted by Crippen LogP contribution is -2.12. The fraction of sp³-hybridized carbons (Fsp3) is 0.316. The van der Waals surface area contributed by atoms with Gasteiger partial charge in [0.15, 0.2) is 0 Å². The molecule has 2 rings (SSSR count). The molecule has 2 aromatic carbocycles. The van der Waals surface area contributed by atoms with Crippen molar-refractivity contribution in [3.8, 4) is 0 Å². The first-order chi connectivity index (χ1) is 11.3. The van der Waals surface area contributed by atoms with Crippen molar-refractivity contribution >= 4 is 11.6 Å². The number of carbonyl (C=O) groups is 1. The molecule has 1 amide bonds. The lowest BCUT2D eigenvalue weighted by atomic mass is 10.1. The molecule has 0 saturated carbocycles. The molecule has 0 aliphatic heterocycles. The number of hydrogen-bond donors (Lipinski definition) is 1. The Labute approximate surface area is 140 Å². The van der Waals surface area contributed by atoms with Crippen LogP contribution >= 0.6 is 0 Å². The number of benzene rings is 2. The first-order valence-corrected chi connectivity index (χ1v) is 7.89. The molecule has 0 bridgehead atoms. The van der Waals surface area contributed by atoms with E-state index in [0.717, 1.165) is 24.1 Å². The van der Waals surface area contributed by atoms with Crippen LogP contribution < -0.4 is 5.32 Å². The summed E-state index contributed by atoms with van der Waals surface area (Å²) in [5.41, 5.74) is 1.16. The molecule has 24 heavy (non-hydrogen) atoms. The highest BCUT2D eigenvalue weighted by molar-refractivity contribution is 6.04. The minimum Gasteiger partial charge on any atom is -0.322 e. The Hall–Kier alpha value is -2.30. The van der Waals surface area contributed by atoms with Crippen LogP contribution in [0.3, 0.4) is 0 Å². The summed E-state index contributed by atoms with van der Waals surface area (Å²) in [6.07, 6.45) is -2.25. The first kappa shape index (κ1) is 19.7. The van der Waals surface area contributed by atoms with Crippen molar-refractivity contribution in [1.29, 1.82) is 0 Å². The Balaban J connectivity index is 0.000000891. The summed E-state index contributed by atoms with van der Waals surface area (Å²) in [6.45, 7) is 6.27. The number of alkyl halides is 3. The predicted octanol–water partition coefficient (Wildman–Crippen LogP) is 5.94. The van der Waals surface area contributed by atoms with Gasteiger partial charge < -0.3 is 5.32 Å². The number of hydrogen-bond acceptors (Lipinski definition) is 1. The standard InChI is InChI=1S/C16H14F3NO.C3H8/c1-2-11-3-9-14(10-4-11)20-15(21)12-5-7-13(8-6-12)16(17,18)19;1-3-2/h3-10H,2H2,1H3,(H,20,21);3H2,1-2H3. The number of halogens is 3. The molecule has 0 aliphatic carbocycles. The molecule has 0 aliphatic rings. The summed E-state index contributed by atoms with van der Waals surface area (Å²) >= 11 is 0. The van der Waals surface area contributed by atoms with Crippen molar-refractivity contribution in [2.75, 3.05) is 5.32 Å². The zero-order chi connectivity index (χ0) is 18.2. The normalized spacial score (nSPS) is 10.6. The summed E-state index contributed by atoms with van der Waals surface area (Å²) < 4.78 is 37.3. The van der Waals surface area contributed by atoms with Crippen LogP contribution in [0.4, 0.5) is 18.9 Å². The summed E-state index contributed by atoms with van der Waals surface area (Å²) in [5.74, 6) is -0.437. The third-order valence-corrected chi connectivity index (χ3v) is 3.09. The SMILES string of the molecule is CCC.CCc1ccc(NC(=O)c2ccc(C(F)(F)F)cc2)cc1. The van der Waals surface area contributed by atoms with Gasteiger partial charge in [-0.25, -0.2) is 0 Å². The van der Waals surface area contributed by atoms with Crippen molar-refractivity contribution in [1.82, 2.24) is 0 Å². The Morgan fingerprint density at radius 1 is 0.917 bits per heavy atom. The third-order valence-electron chi connectivity index (χ3n) is 3.09. The molecule has 5 heteroatoms. The van der Waals surface area contributed by atoms with Crippen LogP contribution in [-0.2, 0) is 12.6 Å². The van der Waals surface area contributed by atoms with E-state index < -0.39 is 17.6 Å². The highest BCUT2D eigenvalue weighted by Crippen LogP contribution is 2.29. The molecular formula is C19H22F3NO. The molecule has 0 atom stereocenters. The smallest absolute Gasteiger partial charge is 0.322 e. The summed E-state index contributed by atoms with van der Waals surface area (Å²) in [7, 11) is 0. The molecule has 0 heterocycles. The van der Waals surface area contributed by atoms with Gasteiger partial charge in [0.2, 0.25) is 0 Å². The molecule has 2 nitrogen and oxygen atoms in total. The summed E-state index contributed by atoms with van der Waals surface area (Å²) in [5, 5.41) is 2.65. The van der Waals surface area contributed by atoms with E-state index in [1.54, 1.807) is 12.1 Å². The number of amides is 1. The molecular weight excluding hydrogens is 315 g/mol. The van der Waals surface area contributed by atoms with Crippen molar-refractivity contribution < 1.29 is 18.0 Å². The maximum atomic E-state index is 12.4. The average molecular weight is 337 g/mol. The van der Waals surface area contributed by atoms with E-state index in [0.29, 0.717) is 5.69 Å². The fourth-order valence-corrected chi connectivity index (χ4v) is 1.84. The third kappa shape index (κ3) is 6.07. The lowest BCUT2D eigenvalue weighted by molar-refractivity contribution is -0.137. The second-order valence-electron chi connectivity index (χ2n) is 5.29. The largest absolute Gasteiger partial charge is 0.416 e. The van der Waals surface area contributed by atoms with Gasteiger partial charge in [-0.15, -0.1) is 0 Å². The van der Waals surface area contributed by atoms with Crippen LogP contribution in [0.5, 0.6) is 0 Å². The van der Waals surface area contributed by atoms with Crippen LogP contribution in [0.2, 0.25) is 0 Å². The average Bonchev–Trinajstić information content (AvgIpc) is 2.55. The molecule has 1 N–H and O–H groups in total. The van der Waals surface area contributed by atoms with E-state index in [9.17, 15) is 18.0 Å². The van der Waals surface area contributed by atoms with Gasteiger partial charge >= 0.3 is 6.18 Å². The Kier molecular flexibility index (Phi) is 7.49. The fourth-order valence-electron chi connectivity index (χ4n) is 1.84. The summed E-state index contributed by atoms with van der Waals surface area (Å²) in [4.78, 5) is 11.9. The van der Waals surface area contributed by atoms with Crippen molar-refractivity contribution in [3.63, 3.8) is 0 Å². The van der Waals surface area contributed by atoms with Gasteiger partial charge in [-0.1, -0.05) is 39.3 Å². The van der Waals surface area contributed by atoms with Gasteiger partial charge in [-0.2, -0.15) is 13.2 Å². The van der Waals surface area contributed by atoms with E-state index in [-0.39, 0.29) is 5.56 Å². The molecule has 0 unspecified atom stereocenters. The van der Waals surface area contributed by atoms with E-state index >= 15 is 0 Å². The van der Waals surface area contributed by atoms with E-state index in [4.69, 9.17) is 0 Å². The quantitative estimate of drug-likeness (QED) is 0.738. The van der Waals surface area contributed by atoms with Crippen LogP contribution in [0, 0.1) is 0 Å². The maximum Gasteiger partial charge on any atom is 0.416 e. The number of anilines is 1. The highest BCUT2D eigenvalue weighted by Gasteiger charge is 2.30. The van der Waals surface area contributed by atoms with Crippen molar-refractivity contribution in [2.45, 2.75) is 39.8 Å². The second kappa shape index (κ2) is 9.11. The van der Waals surface area contributed by atoms with Gasteiger partial charge in [-0.05, 0) is 48.4 Å². The molecule has 0 aromatic heterocycles.